The Kier molecular flexibility index (Phi) is 3.65. The summed E-state index contributed by atoms with van der Waals surface area (Å²) < 4.78 is 15.6. The number of esters is 1. The smallest absolute Gasteiger partial charge is 0.342 e. The highest BCUT2D eigenvalue weighted by molar-refractivity contribution is 5.91. The molecule has 0 amide bonds. The number of phenols is 1. The van der Waals surface area contributed by atoms with Crippen molar-refractivity contribution in [1.82, 2.24) is 0 Å². The maximum absolute atomic E-state index is 12.1. The third-order valence-corrected chi connectivity index (χ3v) is 3.43. The van der Waals surface area contributed by atoms with E-state index in [1.807, 2.05) is 0 Å². The number of ether oxygens (including phenoxy) is 1. The van der Waals surface area contributed by atoms with Gasteiger partial charge in [-0.3, -0.25) is 0 Å². The second kappa shape index (κ2) is 5.64. The molecule has 118 valence electrons. The fourth-order valence-corrected chi connectivity index (χ4v) is 2.39. The Morgan fingerprint density at radius 3 is 2.65 bits per heavy atom. The van der Waals surface area contributed by atoms with Crippen LogP contribution in [0.15, 0.2) is 44.0 Å². The van der Waals surface area contributed by atoms with E-state index in [0.717, 1.165) is 0 Å². The summed E-state index contributed by atoms with van der Waals surface area (Å²) in [5.74, 6) is 0.560. The topological polar surface area (TPSA) is 89.9 Å². The highest BCUT2D eigenvalue weighted by atomic mass is 16.5. The number of hydrogen-bond donors (Lipinski definition) is 1. The quantitative estimate of drug-likeness (QED) is 0.590. The molecule has 0 radical (unpaired) electrons. The number of furan rings is 1. The van der Waals surface area contributed by atoms with Gasteiger partial charge in [0.2, 0.25) is 0 Å². The molecular weight excluding hydrogens is 300 g/mol. The molecule has 0 aliphatic rings. The molecule has 0 saturated heterocycles. The third kappa shape index (κ3) is 2.96. The summed E-state index contributed by atoms with van der Waals surface area (Å²) in [6.07, 6.45) is 0. The predicted molar refractivity (Wildman–Crippen MR) is 81.5 cm³/mol. The normalized spacial score (nSPS) is 10.9. The Balaban J connectivity index is 1.88. The van der Waals surface area contributed by atoms with Crippen molar-refractivity contribution in [3.63, 3.8) is 0 Å². The largest absolute Gasteiger partial charge is 0.508 e. The first-order valence-corrected chi connectivity index (χ1v) is 6.94. The zero-order chi connectivity index (χ0) is 16.6. The summed E-state index contributed by atoms with van der Waals surface area (Å²) in [7, 11) is 0. The van der Waals surface area contributed by atoms with E-state index in [4.69, 9.17) is 13.6 Å². The second-order valence-electron chi connectivity index (χ2n) is 5.17. The lowest BCUT2D eigenvalue weighted by molar-refractivity contribution is 0.0472. The number of aromatic hydroxyl groups is 1. The number of benzene rings is 1. The van der Waals surface area contributed by atoms with E-state index in [1.165, 1.54) is 18.2 Å². The Morgan fingerprint density at radius 1 is 1.17 bits per heavy atom. The van der Waals surface area contributed by atoms with Gasteiger partial charge < -0.3 is 18.7 Å². The van der Waals surface area contributed by atoms with Gasteiger partial charge in [-0.25, -0.2) is 9.59 Å². The predicted octanol–water partition coefficient (Wildman–Crippen LogP) is 3.07. The molecule has 3 aromatic rings. The minimum atomic E-state index is -0.579. The van der Waals surface area contributed by atoms with E-state index >= 15 is 0 Å². The fourth-order valence-electron chi connectivity index (χ4n) is 2.39. The molecule has 1 aromatic carbocycles. The zero-order valence-electron chi connectivity index (χ0n) is 12.6. The number of rotatable bonds is 3. The van der Waals surface area contributed by atoms with E-state index in [1.54, 1.807) is 26.0 Å². The minimum Gasteiger partial charge on any atom is -0.508 e. The zero-order valence-corrected chi connectivity index (χ0v) is 12.6. The van der Waals surface area contributed by atoms with Crippen LogP contribution < -0.4 is 5.63 Å². The van der Waals surface area contributed by atoms with Crippen LogP contribution in [0.3, 0.4) is 0 Å². The van der Waals surface area contributed by atoms with Crippen molar-refractivity contribution in [2.45, 2.75) is 20.5 Å². The molecule has 3 rings (SSSR count). The van der Waals surface area contributed by atoms with Gasteiger partial charge in [0.05, 0.1) is 0 Å². The molecule has 1 N–H and O–H groups in total. The number of fused-ring (bicyclic) bond motifs is 1. The van der Waals surface area contributed by atoms with Crippen molar-refractivity contribution in [2.24, 2.45) is 0 Å². The summed E-state index contributed by atoms with van der Waals surface area (Å²) >= 11 is 0. The van der Waals surface area contributed by atoms with E-state index in [-0.39, 0.29) is 17.9 Å². The molecule has 6 heteroatoms. The van der Waals surface area contributed by atoms with Crippen LogP contribution >= 0.6 is 0 Å². The SMILES string of the molecule is Cc1cc(C(=O)OCc2cc(=O)oc3cc(O)ccc23)c(C)o1. The lowest BCUT2D eigenvalue weighted by Crippen LogP contribution is -2.08. The van der Waals surface area contributed by atoms with Gasteiger partial charge in [0.25, 0.3) is 0 Å². The highest BCUT2D eigenvalue weighted by Gasteiger charge is 2.16. The van der Waals surface area contributed by atoms with Gasteiger partial charge in [0, 0.05) is 23.1 Å². The monoisotopic (exact) mass is 314 g/mol. The molecule has 0 fully saturated rings. The van der Waals surface area contributed by atoms with Gasteiger partial charge in [0.1, 0.15) is 35.0 Å². The number of hydrogen-bond acceptors (Lipinski definition) is 6. The van der Waals surface area contributed by atoms with Crippen molar-refractivity contribution in [1.29, 1.82) is 0 Å². The molecule has 0 atom stereocenters. The Bertz CT molecular complexity index is 947. The maximum atomic E-state index is 12.1. The number of carbonyl (C=O) groups is 1. The minimum absolute atomic E-state index is 0.0145. The van der Waals surface area contributed by atoms with Crippen molar-refractivity contribution in [3.05, 3.63) is 63.4 Å². The average Bonchev–Trinajstić information content (AvgIpc) is 2.82. The third-order valence-electron chi connectivity index (χ3n) is 3.43. The van der Waals surface area contributed by atoms with E-state index in [2.05, 4.69) is 0 Å². The first-order valence-electron chi connectivity index (χ1n) is 6.94. The molecule has 0 saturated carbocycles. The van der Waals surface area contributed by atoms with Gasteiger partial charge in [-0.2, -0.15) is 0 Å². The summed E-state index contributed by atoms with van der Waals surface area (Å²) in [5, 5.41) is 10.0. The van der Waals surface area contributed by atoms with Crippen LogP contribution in [0.25, 0.3) is 11.0 Å². The molecule has 2 heterocycles. The fraction of sp³-hybridized carbons (Fsp3) is 0.176. The van der Waals surface area contributed by atoms with E-state index in [0.29, 0.717) is 28.0 Å². The molecule has 23 heavy (non-hydrogen) atoms. The first-order chi connectivity index (χ1) is 10.9. The van der Waals surface area contributed by atoms with Crippen LogP contribution in [0.2, 0.25) is 0 Å². The highest BCUT2D eigenvalue weighted by Crippen LogP contribution is 2.23. The van der Waals surface area contributed by atoms with Crippen LogP contribution in [0.5, 0.6) is 5.75 Å². The first kappa shape index (κ1) is 14.9. The molecule has 2 aromatic heterocycles. The van der Waals surface area contributed by atoms with Gasteiger partial charge in [-0.05, 0) is 32.0 Å². The lowest BCUT2D eigenvalue weighted by Gasteiger charge is -2.07. The lowest BCUT2D eigenvalue weighted by atomic mass is 10.1. The van der Waals surface area contributed by atoms with Gasteiger partial charge in [0.15, 0.2) is 0 Å². The average molecular weight is 314 g/mol. The van der Waals surface area contributed by atoms with E-state index < -0.39 is 11.6 Å². The molecule has 0 spiro atoms. The van der Waals surface area contributed by atoms with Gasteiger partial charge in [-0.15, -0.1) is 0 Å². The van der Waals surface area contributed by atoms with Crippen LogP contribution in [-0.2, 0) is 11.3 Å². The van der Waals surface area contributed by atoms with Crippen molar-refractivity contribution >= 4 is 16.9 Å². The Labute approximate surface area is 130 Å². The number of aryl methyl sites for hydroxylation is 2. The van der Waals surface area contributed by atoms with Gasteiger partial charge >= 0.3 is 11.6 Å². The van der Waals surface area contributed by atoms with Gasteiger partial charge in [-0.1, -0.05) is 0 Å². The second-order valence-corrected chi connectivity index (χ2v) is 5.17. The molecule has 0 unspecified atom stereocenters. The van der Waals surface area contributed by atoms with Crippen molar-refractivity contribution < 1.29 is 23.5 Å². The maximum Gasteiger partial charge on any atom is 0.342 e. The van der Waals surface area contributed by atoms with E-state index in [9.17, 15) is 14.7 Å². The van der Waals surface area contributed by atoms with Crippen molar-refractivity contribution in [3.8, 4) is 5.75 Å². The summed E-state index contributed by atoms with van der Waals surface area (Å²) in [6, 6.07) is 7.28. The molecule has 0 bridgehead atoms. The summed E-state index contributed by atoms with van der Waals surface area (Å²) in [5.41, 5.74) is 0.512. The molecule has 0 aliphatic heterocycles. The Hall–Kier alpha value is -3.02. The number of phenolic OH excluding ortho intramolecular Hbond substituents is 1. The van der Waals surface area contributed by atoms with Crippen molar-refractivity contribution in [2.75, 3.05) is 0 Å². The van der Waals surface area contributed by atoms with Crippen LogP contribution in [-0.4, -0.2) is 11.1 Å². The molecule has 6 nitrogen and oxygen atoms in total. The van der Waals surface area contributed by atoms with Crippen LogP contribution in [0.4, 0.5) is 0 Å². The standard InChI is InChI=1S/C17H14O6/c1-9-5-14(10(2)22-9)17(20)21-8-11-6-16(19)23-15-7-12(18)3-4-13(11)15/h3-7,18H,8H2,1-2H3. The number of carbonyl (C=O) groups excluding carboxylic acids is 1. The van der Waals surface area contributed by atoms with Crippen LogP contribution in [0, 0.1) is 13.8 Å². The molecule has 0 aliphatic carbocycles. The molecular formula is C17H14O6. The summed E-state index contributed by atoms with van der Waals surface area (Å²) in [6.45, 7) is 3.33. The summed E-state index contributed by atoms with van der Waals surface area (Å²) in [4.78, 5) is 23.7. The Morgan fingerprint density at radius 2 is 1.96 bits per heavy atom. The van der Waals surface area contributed by atoms with Crippen LogP contribution in [0.1, 0.15) is 27.4 Å².